The maximum Gasteiger partial charge on any atom is 0.234 e. The summed E-state index contributed by atoms with van der Waals surface area (Å²) in [6.45, 7) is 2.44. The molecule has 0 aliphatic carbocycles. The lowest BCUT2D eigenvalue weighted by atomic mass is 10.3. The fraction of sp³-hybridized carbons (Fsp3) is 0.429. The molecule has 1 N–H and O–H groups in total. The Morgan fingerprint density at radius 2 is 2.24 bits per heavy atom. The molecular weight excluding hydrogens is 310 g/mol. The van der Waals surface area contributed by atoms with Crippen LogP contribution in [0.2, 0.25) is 0 Å². The van der Waals surface area contributed by atoms with Crippen molar-refractivity contribution in [3.63, 3.8) is 0 Å². The molecule has 1 atom stereocenters. The molecule has 21 heavy (non-hydrogen) atoms. The number of nitrogens with zero attached hydrogens (tertiary/aromatic N) is 1. The number of ether oxygens (including phenoxy) is 1. The highest BCUT2D eigenvalue weighted by Crippen LogP contribution is 2.28. The van der Waals surface area contributed by atoms with E-state index in [4.69, 9.17) is 4.74 Å². The van der Waals surface area contributed by atoms with Gasteiger partial charge in [-0.3, -0.25) is 9.59 Å². The highest BCUT2D eigenvalue weighted by molar-refractivity contribution is 8.14. The number of hydrogen-bond donors (Lipinski definition) is 1. The van der Waals surface area contributed by atoms with Crippen LogP contribution in [-0.2, 0) is 9.59 Å². The first-order valence-corrected chi connectivity index (χ1v) is 8.56. The van der Waals surface area contributed by atoms with Gasteiger partial charge in [-0.1, -0.05) is 23.9 Å². The van der Waals surface area contributed by atoms with Gasteiger partial charge in [0.2, 0.25) is 5.91 Å². The van der Waals surface area contributed by atoms with Crippen LogP contribution in [0.3, 0.4) is 0 Å². The van der Waals surface area contributed by atoms with Crippen molar-refractivity contribution >= 4 is 34.5 Å². The summed E-state index contributed by atoms with van der Waals surface area (Å²) >= 11 is 2.67. The molecule has 114 valence electrons. The van der Waals surface area contributed by atoms with E-state index >= 15 is 0 Å². The van der Waals surface area contributed by atoms with Gasteiger partial charge in [0.15, 0.2) is 16.6 Å². The molecule has 1 fully saturated rings. The second-order valence-corrected chi connectivity index (χ2v) is 6.91. The summed E-state index contributed by atoms with van der Waals surface area (Å²) < 4.78 is 5.59. The number of thioether (sulfide) groups is 2. The molecule has 0 aromatic heterocycles. The van der Waals surface area contributed by atoms with Crippen LogP contribution in [0.15, 0.2) is 24.3 Å². The number of para-hydroxylation sites is 2. The van der Waals surface area contributed by atoms with Gasteiger partial charge in [0, 0.05) is 19.2 Å². The second kappa shape index (κ2) is 7.61. The molecule has 1 aromatic rings. The van der Waals surface area contributed by atoms with Crippen molar-refractivity contribution in [2.45, 2.75) is 12.3 Å². The summed E-state index contributed by atoms with van der Waals surface area (Å²) in [4.78, 5) is 24.7. The first kappa shape index (κ1) is 16.0. The molecule has 0 radical (unpaired) electrons. The number of phenolic OH excluding ortho intramolecular Hbond substituents is 1. The van der Waals surface area contributed by atoms with Gasteiger partial charge in [0.25, 0.3) is 0 Å². The van der Waals surface area contributed by atoms with Crippen molar-refractivity contribution in [2.75, 3.05) is 24.7 Å². The molecule has 1 unspecified atom stereocenters. The summed E-state index contributed by atoms with van der Waals surface area (Å²) in [6, 6.07) is 6.75. The molecule has 1 amide bonds. The second-order valence-electron chi connectivity index (χ2n) is 4.47. The normalized spacial score (nSPS) is 17.8. The summed E-state index contributed by atoms with van der Waals surface area (Å²) in [6.07, 6.45) is 0. The predicted octanol–water partition coefficient (Wildman–Crippen LogP) is 1.95. The van der Waals surface area contributed by atoms with E-state index in [-0.39, 0.29) is 27.9 Å². The van der Waals surface area contributed by atoms with E-state index in [2.05, 4.69) is 0 Å². The molecule has 0 spiro atoms. The predicted molar refractivity (Wildman–Crippen MR) is 84.7 cm³/mol. The summed E-state index contributed by atoms with van der Waals surface area (Å²) in [5, 5.41) is 9.51. The van der Waals surface area contributed by atoms with Crippen LogP contribution in [0.1, 0.15) is 6.92 Å². The molecule has 7 heteroatoms. The maximum absolute atomic E-state index is 12.1. The molecule has 2 rings (SSSR count). The molecule has 0 saturated carbocycles. The van der Waals surface area contributed by atoms with Crippen LogP contribution in [0.4, 0.5) is 0 Å². The van der Waals surface area contributed by atoms with Crippen molar-refractivity contribution in [3.05, 3.63) is 24.3 Å². The summed E-state index contributed by atoms with van der Waals surface area (Å²) in [5.74, 6) is 1.47. The van der Waals surface area contributed by atoms with Crippen LogP contribution in [0, 0.1) is 0 Å². The van der Waals surface area contributed by atoms with Gasteiger partial charge in [0.1, 0.15) is 12.0 Å². The number of hydrogen-bond acceptors (Lipinski definition) is 6. The first-order valence-electron chi connectivity index (χ1n) is 6.53. The zero-order valence-electron chi connectivity index (χ0n) is 11.7. The molecular formula is C14H17NO4S2. The molecule has 1 saturated heterocycles. The summed E-state index contributed by atoms with van der Waals surface area (Å²) in [5.41, 5.74) is 0. The molecule has 1 aliphatic heterocycles. The van der Waals surface area contributed by atoms with Crippen molar-refractivity contribution in [3.8, 4) is 11.5 Å². The Labute approximate surface area is 132 Å². The number of carbonyl (C=O) groups excluding carboxylic acids is 2. The average molecular weight is 327 g/mol. The van der Waals surface area contributed by atoms with Gasteiger partial charge in [0.05, 0.1) is 5.75 Å². The highest BCUT2D eigenvalue weighted by atomic mass is 32.2. The third-order valence-corrected chi connectivity index (χ3v) is 4.95. The maximum atomic E-state index is 12.1. The number of phenols is 1. The van der Waals surface area contributed by atoms with Crippen LogP contribution in [-0.4, -0.2) is 51.1 Å². The van der Waals surface area contributed by atoms with Gasteiger partial charge in [-0.25, -0.2) is 0 Å². The average Bonchev–Trinajstić information content (AvgIpc) is 2.92. The van der Waals surface area contributed by atoms with Gasteiger partial charge >= 0.3 is 0 Å². The zero-order valence-corrected chi connectivity index (χ0v) is 13.3. The topological polar surface area (TPSA) is 66.8 Å². The monoisotopic (exact) mass is 327 g/mol. The Balaban J connectivity index is 1.88. The van der Waals surface area contributed by atoms with E-state index in [0.717, 1.165) is 17.5 Å². The highest BCUT2D eigenvalue weighted by Gasteiger charge is 2.30. The Kier molecular flexibility index (Phi) is 5.81. The van der Waals surface area contributed by atoms with E-state index in [1.807, 2.05) is 0 Å². The Hall–Kier alpha value is -1.34. The largest absolute Gasteiger partial charge is 0.504 e. The molecule has 1 heterocycles. The van der Waals surface area contributed by atoms with Gasteiger partial charge < -0.3 is 14.7 Å². The van der Waals surface area contributed by atoms with Crippen molar-refractivity contribution < 1.29 is 19.4 Å². The fourth-order valence-electron chi connectivity index (χ4n) is 1.93. The van der Waals surface area contributed by atoms with Crippen LogP contribution >= 0.6 is 23.5 Å². The van der Waals surface area contributed by atoms with Crippen molar-refractivity contribution in [2.24, 2.45) is 0 Å². The Bertz CT molecular complexity index is 523. The smallest absolute Gasteiger partial charge is 0.234 e. The third-order valence-electron chi connectivity index (χ3n) is 2.96. The van der Waals surface area contributed by atoms with E-state index in [9.17, 15) is 14.7 Å². The van der Waals surface area contributed by atoms with Crippen molar-refractivity contribution in [1.82, 2.24) is 4.90 Å². The van der Waals surface area contributed by atoms with Crippen LogP contribution < -0.4 is 4.74 Å². The first-order chi connectivity index (χ1) is 10.1. The summed E-state index contributed by atoms with van der Waals surface area (Å²) in [7, 11) is 0. The van der Waals surface area contributed by atoms with E-state index in [1.165, 1.54) is 6.92 Å². The number of amides is 1. The van der Waals surface area contributed by atoms with Gasteiger partial charge in [-0.05, 0) is 12.1 Å². The lowest BCUT2D eigenvalue weighted by Crippen LogP contribution is -2.39. The minimum absolute atomic E-state index is 0.0499. The minimum Gasteiger partial charge on any atom is -0.504 e. The number of carbonyl (C=O) groups is 2. The quantitative estimate of drug-likeness (QED) is 0.892. The SMILES string of the molecule is CC(=O)SCC(=O)N1CCSC1COc1ccccc1O. The Morgan fingerprint density at radius 1 is 1.48 bits per heavy atom. The standard InChI is InChI=1S/C14H17NO4S2/c1-10(16)21-9-13(18)15-6-7-20-14(15)8-19-12-5-3-2-4-11(12)17/h2-5,14,17H,6-9H2,1H3. The lowest BCUT2D eigenvalue weighted by Gasteiger charge is -2.23. The van der Waals surface area contributed by atoms with Crippen LogP contribution in [0.25, 0.3) is 0 Å². The van der Waals surface area contributed by atoms with E-state index < -0.39 is 0 Å². The van der Waals surface area contributed by atoms with E-state index in [0.29, 0.717) is 18.9 Å². The Morgan fingerprint density at radius 3 is 2.95 bits per heavy atom. The van der Waals surface area contributed by atoms with Crippen LogP contribution in [0.5, 0.6) is 11.5 Å². The zero-order chi connectivity index (χ0) is 15.2. The molecule has 1 aromatic carbocycles. The number of rotatable bonds is 5. The van der Waals surface area contributed by atoms with Crippen molar-refractivity contribution in [1.29, 1.82) is 0 Å². The van der Waals surface area contributed by atoms with E-state index in [1.54, 1.807) is 40.9 Å². The molecule has 0 bridgehead atoms. The minimum atomic E-state index is -0.0790. The number of benzene rings is 1. The number of aromatic hydroxyl groups is 1. The van der Waals surface area contributed by atoms with Gasteiger partial charge in [-0.15, -0.1) is 11.8 Å². The fourth-order valence-corrected chi connectivity index (χ4v) is 3.56. The van der Waals surface area contributed by atoms with Gasteiger partial charge in [-0.2, -0.15) is 0 Å². The molecule has 5 nitrogen and oxygen atoms in total. The molecule has 1 aliphatic rings. The lowest BCUT2D eigenvalue weighted by molar-refractivity contribution is -0.129. The third kappa shape index (κ3) is 4.57.